The van der Waals surface area contributed by atoms with Crippen molar-refractivity contribution in [2.75, 3.05) is 6.54 Å². The van der Waals surface area contributed by atoms with Gasteiger partial charge >= 0.3 is 0 Å². The first-order valence-corrected chi connectivity index (χ1v) is 6.91. The third-order valence-electron chi connectivity index (χ3n) is 3.86. The second-order valence-electron chi connectivity index (χ2n) is 6.28. The van der Waals surface area contributed by atoms with Crippen molar-refractivity contribution < 1.29 is 0 Å². The van der Waals surface area contributed by atoms with Gasteiger partial charge in [0.2, 0.25) is 0 Å². The minimum atomic E-state index is 0.204. The van der Waals surface area contributed by atoms with Gasteiger partial charge in [-0.15, -0.1) is 0 Å². The molecule has 0 radical (unpaired) electrons. The van der Waals surface area contributed by atoms with Crippen LogP contribution in [0.3, 0.4) is 0 Å². The molecule has 0 saturated carbocycles. The number of aromatic nitrogens is 2. The second kappa shape index (κ2) is 4.49. The van der Waals surface area contributed by atoms with E-state index in [0.717, 1.165) is 18.7 Å². The van der Waals surface area contributed by atoms with Crippen LogP contribution < -0.4 is 5.32 Å². The fourth-order valence-electron chi connectivity index (χ4n) is 2.67. The van der Waals surface area contributed by atoms with E-state index in [1.165, 1.54) is 16.8 Å². The fourth-order valence-corrected chi connectivity index (χ4v) is 2.67. The zero-order chi connectivity index (χ0) is 13.5. The summed E-state index contributed by atoms with van der Waals surface area (Å²) in [7, 11) is 0. The van der Waals surface area contributed by atoms with Gasteiger partial charge in [-0.2, -0.15) is 0 Å². The Morgan fingerprint density at radius 2 is 1.89 bits per heavy atom. The SMILES string of the molecule is CC(C)(C)c1ccc(C2NCCc3[nH]cnc32)cc1. The number of fused-ring (bicyclic) bond motifs is 1. The molecule has 0 bridgehead atoms. The van der Waals surface area contributed by atoms with Crippen LogP contribution in [0.5, 0.6) is 0 Å². The van der Waals surface area contributed by atoms with Gasteiger partial charge in [0, 0.05) is 18.7 Å². The third kappa shape index (κ3) is 2.30. The topological polar surface area (TPSA) is 40.7 Å². The van der Waals surface area contributed by atoms with Gasteiger partial charge in [-0.05, 0) is 16.5 Å². The molecule has 0 fully saturated rings. The van der Waals surface area contributed by atoms with Gasteiger partial charge in [0.05, 0.1) is 18.1 Å². The van der Waals surface area contributed by atoms with Crippen LogP contribution in [0.1, 0.15) is 49.3 Å². The van der Waals surface area contributed by atoms with E-state index in [9.17, 15) is 0 Å². The molecule has 3 nitrogen and oxygen atoms in total. The molecule has 3 rings (SSSR count). The van der Waals surface area contributed by atoms with Gasteiger partial charge in [0.15, 0.2) is 0 Å². The maximum Gasteiger partial charge on any atom is 0.0926 e. The smallest absolute Gasteiger partial charge is 0.0926 e. The highest BCUT2D eigenvalue weighted by Gasteiger charge is 2.24. The van der Waals surface area contributed by atoms with Crippen molar-refractivity contribution in [3.8, 4) is 0 Å². The summed E-state index contributed by atoms with van der Waals surface area (Å²) in [5.74, 6) is 0. The molecule has 2 heterocycles. The largest absolute Gasteiger partial charge is 0.348 e. The zero-order valence-electron chi connectivity index (χ0n) is 11.8. The number of imidazole rings is 1. The van der Waals surface area contributed by atoms with Crippen LogP contribution in [0.4, 0.5) is 0 Å². The molecule has 1 aromatic heterocycles. The van der Waals surface area contributed by atoms with E-state index < -0.39 is 0 Å². The molecule has 1 atom stereocenters. The maximum atomic E-state index is 4.47. The summed E-state index contributed by atoms with van der Waals surface area (Å²) in [6, 6.07) is 9.14. The monoisotopic (exact) mass is 255 g/mol. The molecule has 1 aromatic carbocycles. The van der Waals surface area contributed by atoms with Crippen LogP contribution in [0.15, 0.2) is 30.6 Å². The Morgan fingerprint density at radius 1 is 1.16 bits per heavy atom. The highest BCUT2D eigenvalue weighted by Crippen LogP contribution is 2.28. The van der Waals surface area contributed by atoms with E-state index in [4.69, 9.17) is 0 Å². The molecule has 100 valence electrons. The second-order valence-corrected chi connectivity index (χ2v) is 6.28. The summed E-state index contributed by atoms with van der Waals surface area (Å²) in [5.41, 5.74) is 5.28. The lowest BCUT2D eigenvalue weighted by molar-refractivity contribution is 0.551. The van der Waals surface area contributed by atoms with E-state index in [1.807, 2.05) is 0 Å². The minimum Gasteiger partial charge on any atom is -0.348 e. The van der Waals surface area contributed by atoms with E-state index in [0.29, 0.717) is 0 Å². The van der Waals surface area contributed by atoms with Crippen LogP contribution in [0, 0.1) is 0 Å². The zero-order valence-corrected chi connectivity index (χ0v) is 11.8. The van der Waals surface area contributed by atoms with Gasteiger partial charge in [-0.3, -0.25) is 0 Å². The number of nitrogens with one attached hydrogen (secondary N) is 2. The molecule has 0 aliphatic carbocycles. The van der Waals surface area contributed by atoms with Crippen molar-refractivity contribution in [2.24, 2.45) is 0 Å². The average molecular weight is 255 g/mol. The lowest BCUT2D eigenvalue weighted by Crippen LogP contribution is -2.30. The van der Waals surface area contributed by atoms with Crippen LogP contribution in [-0.2, 0) is 11.8 Å². The van der Waals surface area contributed by atoms with Crippen LogP contribution >= 0.6 is 0 Å². The quantitative estimate of drug-likeness (QED) is 0.822. The molecule has 2 aromatic rings. The fraction of sp³-hybridized carbons (Fsp3) is 0.438. The molecule has 0 saturated heterocycles. The molecule has 19 heavy (non-hydrogen) atoms. The summed E-state index contributed by atoms with van der Waals surface area (Å²) >= 11 is 0. The molecule has 0 amide bonds. The van der Waals surface area contributed by atoms with Crippen LogP contribution in [-0.4, -0.2) is 16.5 Å². The normalized spacial score (nSPS) is 19.2. The summed E-state index contributed by atoms with van der Waals surface area (Å²) in [4.78, 5) is 7.71. The van der Waals surface area contributed by atoms with Gasteiger partial charge in [-0.1, -0.05) is 45.0 Å². The first-order chi connectivity index (χ1) is 9.05. The molecular formula is C16H21N3. The molecule has 2 N–H and O–H groups in total. The van der Waals surface area contributed by atoms with Crippen LogP contribution in [0.25, 0.3) is 0 Å². The maximum absolute atomic E-state index is 4.47. The van der Waals surface area contributed by atoms with Crippen LogP contribution in [0.2, 0.25) is 0 Å². The van der Waals surface area contributed by atoms with E-state index >= 15 is 0 Å². The Morgan fingerprint density at radius 3 is 2.58 bits per heavy atom. The van der Waals surface area contributed by atoms with Crippen molar-refractivity contribution in [3.63, 3.8) is 0 Å². The number of hydrogen-bond donors (Lipinski definition) is 2. The molecular weight excluding hydrogens is 234 g/mol. The van der Waals surface area contributed by atoms with Gasteiger partial charge in [-0.25, -0.2) is 4.98 Å². The Kier molecular flexibility index (Phi) is 2.94. The molecule has 1 aliphatic heterocycles. The number of hydrogen-bond acceptors (Lipinski definition) is 2. The first kappa shape index (κ1) is 12.4. The number of benzene rings is 1. The van der Waals surface area contributed by atoms with Crippen molar-refractivity contribution in [2.45, 2.75) is 38.6 Å². The van der Waals surface area contributed by atoms with Gasteiger partial charge in [0.1, 0.15) is 0 Å². The molecule has 1 unspecified atom stereocenters. The first-order valence-electron chi connectivity index (χ1n) is 6.91. The van der Waals surface area contributed by atoms with Crippen molar-refractivity contribution in [1.29, 1.82) is 0 Å². The van der Waals surface area contributed by atoms with E-state index in [2.05, 4.69) is 60.3 Å². The Hall–Kier alpha value is -1.61. The molecule has 0 spiro atoms. The van der Waals surface area contributed by atoms with Crippen molar-refractivity contribution in [1.82, 2.24) is 15.3 Å². The Labute approximate surface area is 114 Å². The average Bonchev–Trinajstić information content (AvgIpc) is 2.86. The Bertz CT molecular complexity index is 560. The standard InChI is InChI=1S/C16H21N3/c1-16(2,3)12-6-4-11(5-7-12)14-15-13(8-9-17-14)18-10-19-15/h4-7,10,14,17H,8-9H2,1-3H3,(H,18,19). The van der Waals surface area contributed by atoms with Gasteiger partial charge in [0.25, 0.3) is 0 Å². The van der Waals surface area contributed by atoms with Gasteiger partial charge < -0.3 is 10.3 Å². The third-order valence-corrected chi connectivity index (χ3v) is 3.86. The Balaban J connectivity index is 1.93. The molecule has 1 aliphatic rings. The summed E-state index contributed by atoms with van der Waals surface area (Å²) in [6.07, 6.45) is 2.83. The predicted octanol–water partition coefficient (Wildman–Crippen LogP) is 2.94. The van der Waals surface area contributed by atoms with Crippen molar-refractivity contribution in [3.05, 3.63) is 53.1 Å². The number of aromatic amines is 1. The van der Waals surface area contributed by atoms with E-state index in [-0.39, 0.29) is 11.5 Å². The number of H-pyrrole nitrogens is 1. The van der Waals surface area contributed by atoms with Crippen molar-refractivity contribution >= 4 is 0 Å². The lowest BCUT2D eigenvalue weighted by atomic mass is 9.86. The summed E-state index contributed by atoms with van der Waals surface area (Å²) in [5, 5.41) is 3.55. The lowest BCUT2D eigenvalue weighted by Gasteiger charge is -2.25. The highest BCUT2D eigenvalue weighted by atomic mass is 15.0. The summed E-state index contributed by atoms with van der Waals surface area (Å²) < 4.78 is 0. The predicted molar refractivity (Wildman–Crippen MR) is 77.3 cm³/mol. The number of nitrogens with zero attached hydrogens (tertiary/aromatic N) is 1. The highest BCUT2D eigenvalue weighted by molar-refractivity contribution is 5.35. The summed E-state index contributed by atoms with van der Waals surface area (Å²) in [6.45, 7) is 7.73. The molecule has 3 heteroatoms. The number of rotatable bonds is 1. The minimum absolute atomic E-state index is 0.204. The van der Waals surface area contributed by atoms with E-state index in [1.54, 1.807) is 6.33 Å².